The Morgan fingerprint density at radius 1 is 1.13 bits per heavy atom. The molecule has 1 aliphatic rings. The zero-order valence-corrected chi connectivity index (χ0v) is 15.9. The molecule has 3 nitrogen and oxygen atoms in total. The van der Waals surface area contributed by atoms with E-state index in [1.54, 1.807) is 0 Å². The number of aliphatic hydroxyl groups excluding tert-OH is 1. The van der Waals surface area contributed by atoms with Crippen LogP contribution in [0, 0.1) is 0 Å². The summed E-state index contributed by atoms with van der Waals surface area (Å²) in [5.41, 5.74) is 2.64. The molecule has 0 spiro atoms. The molecule has 1 unspecified atom stereocenters. The first kappa shape index (κ1) is 18.2. The van der Waals surface area contributed by atoms with Gasteiger partial charge >= 0.3 is 0 Å². The van der Waals surface area contributed by atoms with Crippen LogP contribution in [0.15, 0.2) is 24.3 Å². The standard InChI is InChI=1S/C19H29NO2S/c1-18(2,3)14-9-7-13(8-10-14)11-15-12-16(21)23(17(22)20-15)19(4,5)6/h7-10,15,21H,11-12H2,1-6H3,(H,20,22)/t15-,23?/m0/s1. The number of carbonyl (C=O) groups excluding carboxylic acids is 1. The molecular weight excluding hydrogens is 306 g/mol. The summed E-state index contributed by atoms with van der Waals surface area (Å²) in [7, 11) is -0.723. The maximum Gasteiger partial charge on any atom is 0.276 e. The summed E-state index contributed by atoms with van der Waals surface area (Å²) < 4.78 is -0.229. The van der Waals surface area contributed by atoms with Crippen LogP contribution < -0.4 is 5.32 Å². The van der Waals surface area contributed by atoms with E-state index in [9.17, 15) is 9.90 Å². The highest BCUT2D eigenvalue weighted by Gasteiger charge is 2.32. The Labute approximate surface area is 142 Å². The predicted molar refractivity (Wildman–Crippen MR) is 101 cm³/mol. The van der Waals surface area contributed by atoms with Crippen LogP contribution in [0.4, 0.5) is 4.79 Å². The Bertz CT molecular complexity index is 618. The minimum atomic E-state index is -0.723. The Balaban J connectivity index is 2.12. The highest BCUT2D eigenvalue weighted by atomic mass is 32.2. The highest BCUT2D eigenvalue weighted by Crippen LogP contribution is 2.37. The molecule has 0 saturated carbocycles. The van der Waals surface area contributed by atoms with Crippen LogP contribution in [0.5, 0.6) is 0 Å². The smallest absolute Gasteiger partial charge is 0.276 e. The van der Waals surface area contributed by atoms with Crippen molar-refractivity contribution in [1.29, 1.82) is 0 Å². The first-order chi connectivity index (χ1) is 10.5. The fourth-order valence-corrected chi connectivity index (χ4v) is 4.99. The van der Waals surface area contributed by atoms with Crippen molar-refractivity contribution in [2.24, 2.45) is 0 Å². The molecule has 0 saturated heterocycles. The maximum absolute atomic E-state index is 12.4. The molecule has 0 bridgehead atoms. The summed E-state index contributed by atoms with van der Waals surface area (Å²) in [5, 5.41) is 13.7. The normalized spacial score (nSPS) is 22.9. The monoisotopic (exact) mass is 335 g/mol. The van der Waals surface area contributed by atoms with Crippen LogP contribution in [-0.2, 0) is 11.8 Å². The van der Waals surface area contributed by atoms with E-state index in [1.807, 2.05) is 20.8 Å². The van der Waals surface area contributed by atoms with Gasteiger partial charge in [-0.2, -0.15) is 0 Å². The van der Waals surface area contributed by atoms with Crippen molar-refractivity contribution in [2.45, 2.75) is 70.6 Å². The quantitative estimate of drug-likeness (QED) is 0.765. The van der Waals surface area contributed by atoms with Crippen LogP contribution >= 0.6 is 10.5 Å². The van der Waals surface area contributed by atoms with Crippen molar-refractivity contribution in [1.82, 2.24) is 5.32 Å². The summed E-state index contributed by atoms with van der Waals surface area (Å²) in [6, 6.07) is 8.55. The van der Waals surface area contributed by atoms with E-state index >= 15 is 0 Å². The average Bonchev–Trinajstić information content (AvgIpc) is 2.35. The second kappa shape index (κ2) is 6.40. The molecular formula is C19H29NO2S. The third-order valence-corrected chi connectivity index (χ3v) is 6.43. The summed E-state index contributed by atoms with van der Waals surface area (Å²) >= 11 is 0. The second-order valence-corrected chi connectivity index (χ2v) is 11.0. The van der Waals surface area contributed by atoms with Crippen molar-refractivity contribution >= 4 is 20.8 Å². The number of nitrogens with one attached hydrogen (secondary N) is 1. The number of benzene rings is 1. The van der Waals surface area contributed by atoms with Crippen LogP contribution in [0.2, 0.25) is 0 Å². The van der Waals surface area contributed by atoms with Gasteiger partial charge < -0.3 is 10.4 Å². The van der Waals surface area contributed by atoms with E-state index in [2.05, 4.69) is 50.4 Å². The van der Waals surface area contributed by atoms with Gasteiger partial charge in [0.2, 0.25) is 0 Å². The average molecular weight is 336 g/mol. The van der Waals surface area contributed by atoms with Crippen molar-refractivity contribution < 1.29 is 9.90 Å². The Morgan fingerprint density at radius 3 is 2.13 bits per heavy atom. The largest absolute Gasteiger partial charge is 0.359 e. The van der Waals surface area contributed by atoms with Crippen LogP contribution in [-0.4, -0.2) is 26.2 Å². The molecule has 0 aromatic heterocycles. The summed E-state index contributed by atoms with van der Waals surface area (Å²) in [6.07, 6.45) is 1.30. The molecule has 2 rings (SSSR count). The molecule has 0 radical (unpaired) electrons. The molecule has 1 aromatic rings. The number of aliphatic hydroxyl groups is 1. The lowest BCUT2D eigenvalue weighted by molar-refractivity contribution is 0.256. The van der Waals surface area contributed by atoms with Crippen molar-refractivity contribution in [2.75, 3.05) is 0 Å². The van der Waals surface area contributed by atoms with Gasteiger partial charge in [-0.3, -0.25) is 4.79 Å². The minimum Gasteiger partial charge on any atom is -0.359 e. The lowest BCUT2D eigenvalue weighted by Crippen LogP contribution is -2.43. The topological polar surface area (TPSA) is 49.3 Å². The minimum absolute atomic E-state index is 0.0194. The molecule has 0 fully saturated rings. The van der Waals surface area contributed by atoms with Gasteiger partial charge in [0.05, 0.1) is 5.05 Å². The van der Waals surface area contributed by atoms with Crippen molar-refractivity contribution in [3.8, 4) is 0 Å². The van der Waals surface area contributed by atoms with E-state index in [-0.39, 0.29) is 21.4 Å². The third-order valence-electron chi connectivity index (χ3n) is 4.08. The fourth-order valence-electron chi connectivity index (χ4n) is 2.86. The van der Waals surface area contributed by atoms with Crippen molar-refractivity contribution in [3.63, 3.8) is 0 Å². The van der Waals surface area contributed by atoms with Gasteiger partial charge in [-0.05, 0) is 23.0 Å². The van der Waals surface area contributed by atoms with Gasteiger partial charge in [0.15, 0.2) is 0 Å². The first-order valence-electron chi connectivity index (χ1n) is 8.17. The highest BCUT2D eigenvalue weighted by molar-refractivity contribution is 8.29. The van der Waals surface area contributed by atoms with E-state index in [1.165, 1.54) is 11.1 Å². The molecule has 1 aliphatic heterocycles. The number of hydrogen-bond donors (Lipinski definition) is 2. The third kappa shape index (κ3) is 4.45. The lowest BCUT2D eigenvalue weighted by atomic mass is 9.86. The molecule has 2 atom stereocenters. The Morgan fingerprint density at radius 2 is 1.70 bits per heavy atom. The van der Waals surface area contributed by atoms with Gasteiger partial charge in [-0.25, -0.2) is 0 Å². The predicted octanol–water partition coefficient (Wildman–Crippen LogP) is 4.76. The fraction of sp³-hybridized carbons (Fsp3) is 0.579. The molecule has 128 valence electrons. The number of hydrogen-bond acceptors (Lipinski definition) is 1. The summed E-state index contributed by atoms with van der Waals surface area (Å²) in [6.45, 7) is 12.6. The lowest BCUT2D eigenvalue weighted by Gasteiger charge is -2.32. The van der Waals surface area contributed by atoms with Crippen molar-refractivity contribution in [3.05, 3.63) is 35.4 Å². The maximum atomic E-state index is 12.4. The molecule has 1 amide bonds. The molecule has 2 N–H and O–H groups in total. The first-order valence-corrected chi connectivity index (χ1v) is 9.40. The van der Waals surface area contributed by atoms with Gasteiger partial charge in [0.25, 0.3) is 5.24 Å². The molecule has 23 heavy (non-hydrogen) atoms. The molecule has 1 aromatic carbocycles. The van der Waals surface area contributed by atoms with Gasteiger partial charge in [-0.15, -0.1) is 0 Å². The second-order valence-electron chi connectivity index (χ2n) is 8.30. The number of rotatable bonds is 2. The van der Waals surface area contributed by atoms with E-state index < -0.39 is 10.5 Å². The molecule has 4 heteroatoms. The zero-order chi connectivity index (χ0) is 17.4. The Hall–Kier alpha value is -1.13. The number of amides is 1. The molecule has 1 heterocycles. The van der Waals surface area contributed by atoms with E-state index in [4.69, 9.17) is 0 Å². The van der Waals surface area contributed by atoms with Crippen LogP contribution in [0.1, 0.15) is 59.1 Å². The van der Waals surface area contributed by atoms with E-state index in [0.29, 0.717) is 11.5 Å². The SMILES string of the molecule is CC(C)(C)c1ccc(C[C@H]2CC(O)=S(C(C)(C)C)C(=O)N2)cc1. The summed E-state index contributed by atoms with van der Waals surface area (Å²) in [4.78, 5) is 12.4. The Kier molecular flexibility index (Phi) is 5.07. The number of carbonyl (C=O) groups is 1. The van der Waals surface area contributed by atoms with Gasteiger partial charge in [0.1, 0.15) is 0 Å². The zero-order valence-electron chi connectivity index (χ0n) is 15.1. The van der Waals surface area contributed by atoms with Crippen LogP contribution in [0.25, 0.3) is 0 Å². The van der Waals surface area contributed by atoms with Crippen LogP contribution in [0.3, 0.4) is 0 Å². The van der Waals surface area contributed by atoms with Gasteiger partial charge in [0, 0.05) is 17.2 Å². The molecule has 0 aliphatic carbocycles. The summed E-state index contributed by atoms with van der Waals surface area (Å²) in [5.74, 6) is 0. The van der Waals surface area contributed by atoms with Gasteiger partial charge in [-0.1, -0.05) is 76.3 Å². The van der Waals surface area contributed by atoms with E-state index in [0.717, 1.165) is 6.42 Å².